The normalized spacial score (nSPS) is 11.6. The topological polar surface area (TPSA) is 25.2 Å². The van der Waals surface area contributed by atoms with Crippen LogP contribution in [0.15, 0.2) is 53.1 Å². The number of benzene rings is 1. The zero-order valence-corrected chi connectivity index (χ0v) is 11.2. The predicted octanol–water partition coefficient (Wildman–Crippen LogP) is 3.24. The first-order valence-electron chi connectivity index (χ1n) is 6.64. The van der Waals surface area contributed by atoms with Crippen molar-refractivity contribution in [3.05, 3.63) is 60.1 Å². The quantitative estimate of drug-likeness (QED) is 0.828. The fourth-order valence-electron chi connectivity index (χ4n) is 1.81. The average molecular weight is 253 g/mol. The molecule has 2 rings (SSSR count). The highest BCUT2D eigenvalue weighted by Crippen LogP contribution is 2.05. The average Bonchev–Trinajstić information content (AvgIpc) is 2.96. The molecule has 98 valence electrons. The van der Waals surface area contributed by atoms with E-state index in [9.17, 15) is 0 Å². The zero-order valence-electron chi connectivity index (χ0n) is 11.2. The van der Waals surface area contributed by atoms with Gasteiger partial charge < -0.3 is 9.73 Å². The molecule has 0 spiro atoms. The Morgan fingerprint density at radius 2 is 2.00 bits per heavy atom. The van der Waals surface area contributed by atoms with Gasteiger partial charge in [0.05, 0.1) is 12.8 Å². The Hall–Kier alpha value is -1.98. The van der Waals surface area contributed by atoms with Crippen LogP contribution in [0.25, 0.3) is 0 Å². The molecule has 1 aromatic heterocycles. The van der Waals surface area contributed by atoms with Gasteiger partial charge in [0.25, 0.3) is 0 Å². The van der Waals surface area contributed by atoms with E-state index in [1.54, 1.807) is 6.26 Å². The first-order chi connectivity index (χ1) is 9.34. The number of furan rings is 1. The smallest absolute Gasteiger partial charge is 0.103 e. The van der Waals surface area contributed by atoms with Crippen molar-refractivity contribution in [3.63, 3.8) is 0 Å². The summed E-state index contributed by atoms with van der Waals surface area (Å²) in [5.74, 6) is 7.33. The van der Waals surface area contributed by atoms with Crippen molar-refractivity contribution in [2.45, 2.75) is 25.8 Å². The first kappa shape index (κ1) is 13.5. The van der Waals surface area contributed by atoms with Gasteiger partial charge in [-0.15, -0.1) is 0 Å². The maximum atomic E-state index is 5.31. The van der Waals surface area contributed by atoms with Crippen LogP contribution < -0.4 is 5.32 Å². The molecule has 0 aliphatic heterocycles. The Morgan fingerprint density at radius 3 is 2.74 bits per heavy atom. The molecule has 1 unspecified atom stereocenters. The van der Waals surface area contributed by atoms with Crippen LogP contribution in [-0.2, 0) is 6.42 Å². The summed E-state index contributed by atoms with van der Waals surface area (Å²) in [6.07, 6.45) is 3.74. The van der Waals surface area contributed by atoms with E-state index in [2.05, 4.69) is 24.1 Å². The molecule has 2 heteroatoms. The lowest BCUT2D eigenvalue weighted by atomic mass is 10.1. The second kappa shape index (κ2) is 7.45. The van der Waals surface area contributed by atoms with Crippen LogP contribution >= 0.6 is 0 Å². The molecular weight excluding hydrogens is 234 g/mol. The van der Waals surface area contributed by atoms with E-state index >= 15 is 0 Å². The van der Waals surface area contributed by atoms with Crippen molar-refractivity contribution in [2.24, 2.45) is 0 Å². The second-order valence-corrected chi connectivity index (χ2v) is 4.57. The minimum absolute atomic E-state index is 0.440. The molecule has 0 fully saturated rings. The second-order valence-electron chi connectivity index (χ2n) is 4.57. The molecule has 0 saturated carbocycles. The van der Waals surface area contributed by atoms with Crippen molar-refractivity contribution >= 4 is 0 Å². The maximum absolute atomic E-state index is 5.31. The molecular formula is C17H19NO. The highest BCUT2D eigenvalue weighted by Gasteiger charge is 2.02. The van der Waals surface area contributed by atoms with E-state index in [-0.39, 0.29) is 0 Å². The molecule has 0 aliphatic rings. The SMILES string of the molecule is CC(CCc1ccco1)NCC#Cc1ccccc1. The minimum atomic E-state index is 0.440. The lowest BCUT2D eigenvalue weighted by molar-refractivity contribution is 0.470. The molecule has 1 heterocycles. The summed E-state index contributed by atoms with van der Waals surface area (Å²) in [6.45, 7) is 2.89. The third-order valence-electron chi connectivity index (χ3n) is 2.95. The zero-order chi connectivity index (χ0) is 13.3. The van der Waals surface area contributed by atoms with Crippen LogP contribution in [0, 0.1) is 11.8 Å². The van der Waals surface area contributed by atoms with Gasteiger partial charge in [-0.1, -0.05) is 30.0 Å². The lowest BCUT2D eigenvalue weighted by Gasteiger charge is -2.09. The Kier molecular flexibility index (Phi) is 5.28. The number of hydrogen-bond donors (Lipinski definition) is 1. The Balaban J connectivity index is 1.67. The van der Waals surface area contributed by atoms with Crippen molar-refractivity contribution in [2.75, 3.05) is 6.54 Å². The van der Waals surface area contributed by atoms with Crippen LogP contribution in [-0.4, -0.2) is 12.6 Å². The number of rotatable bonds is 5. The maximum Gasteiger partial charge on any atom is 0.103 e. The van der Waals surface area contributed by atoms with Crippen molar-refractivity contribution in [1.29, 1.82) is 0 Å². The summed E-state index contributed by atoms with van der Waals surface area (Å²) in [5.41, 5.74) is 1.06. The monoisotopic (exact) mass is 253 g/mol. The van der Waals surface area contributed by atoms with E-state index in [4.69, 9.17) is 4.42 Å². The molecule has 2 aromatic rings. The van der Waals surface area contributed by atoms with Gasteiger partial charge in [0.2, 0.25) is 0 Å². The van der Waals surface area contributed by atoms with Crippen LogP contribution in [0.3, 0.4) is 0 Å². The fourth-order valence-corrected chi connectivity index (χ4v) is 1.81. The number of nitrogens with one attached hydrogen (secondary N) is 1. The standard InChI is InChI=1S/C17H19NO/c1-15(11-12-17-10-6-14-19-17)18-13-5-9-16-7-3-2-4-8-16/h2-4,6-8,10,14-15,18H,11-13H2,1H3. The van der Waals surface area contributed by atoms with Crippen molar-refractivity contribution < 1.29 is 4.42 Å². The molecule has 2 nitrogen and oxygen atoms in total. The van der Waals surface area contributed by atoms with Gasteiger partial charge in [0, 0.05) is 18.0 Å². The van der Waals surface area contributed by atoms with E-state index < -0.39 is 0 Å². The van der Waals surface area contributed by atoms with Crippen LogP contribution in [0.4, 0.5) is 0 Å². The summed E-state index contributed by atoms with van der Waals surface area (Å²) in [6, 6.07) is 14.4. The molecule has 19 heavy (non-hydrogen) atoms. The van der Waals surface area contributed by atoms with Crippen LogP contribution in [0.2, 0.25) is 0 Å². The Bertz CT molecular complexity index is 519. The van der Waals surface area contributed by atoms with Crippen LogP contribution in [0.5, 0.6) is 0 Å². The molecule has 0 radical (unpaired) electrons. The number of aryl methyl sites for hydroxylation is 1. The molecule has 1 aromatic carbocycles. The molecule has 1 N–H and O–H groups in total. The van der Waals surface area contributed by atoms with Crippen molar-refractivity contribution in [3.8, 4) is 11.8 Å². The Labute approximate surface area is 114 Å². The van der Waals surface area contributed by atoms with Gasteiger partial charge in [-0.2, -0.15) is 0 Å². The Morgan fingerprint density at radius 1 is 1.16 bits per heavy atom. The largest absolute Gasteiger partial charge is 0.469 e. The van der Waals surface area contributed by atoms with Crippen LogP contribution in [0.1, 0.15) is 24.7 Å². The van der Waals surface area contributed by atoms with Gasteiger partial charge in [-0.05, 0) is 37.6 Å². The molecule has 0 bridgehead atoms. The molecule has 1 atom stereocenters. The van der Waals surface area contributed by atoms with E-state index in [0.717, 1.165) is 24.2 Å². The molecule has 0 amide bonds. The summed E-state index contributed by atoms with van der Waals surface area (Å²) >= 11 is 0. The van der Waals surface area contributed by atoms with Gasteiger partial charge >= 0.3 is 0 Å². The highest BCUT2D eigenvalue weighted by molar-refractivity contribution is 5.33. The third kappa shape index (κ3) is 5.03. The predicted molar refractivity (Wildman–Crippen MR) is 77.8 cm³/mol. The molecule has 0 saturated heterocycles. The summed E-state index contributed by atoms with van der Waals surface area (Å²) < 4.78 is 5.31. The minimum Gasteiger partial charge on any atom is -0.469 e. The van der Waals surface area contributed by atoms with E-state index in [1.807, 2.05) is 42.5 Å². The highest BCUT2D eigenvalue weighted by atomic mass is 16.3. The van der Waals surface area contributed by atoms with E-state index in [0.29, 0.717) is 12.6 Å². The third-order valence-corrected chi connectivity index (χ3v) is 2.95. The fraction of sp³-hybridized carbons (Fsp3) is 0.294. The van der Waals surface area contributed by atoms with Crippen molar-refractivity contribution in [1.82, 2.24) is 5.32 Å². The van der Waals surface area contributed by atoms with Gasteiger partial charge in [0.1, 0.15) is 5.76 Å². The van der Waals surface area contributed by atoms with Gasteiger partial charge in [-0.3, -0.25) is 0 Å². The summed E-state index contributed by atoms with van der Waals surface area (Å²) in [4.78, 5) is 0. The van der Waals surface area contributed by atoms with Gasteiger partial charge in [0.15, 0.2) is 0 Å². The molecule has 0 aliphatic carbocycles. The van der Waals surface area contributed by atoms with Gasteiger partial charge in [-0.25, -0.2) is 0 Å². The summed E-state index contributed by atoms with van der Waals surface area (Å²) in [7, 11) is 0. The number of hydrogen-bond acceptors (Lipinski definition) is 2. The van der Waals surface area contributed by atoms with E-state index in [1.165, 1.54) is 0 Å². The summed E-state index contributed by atoms with van der Waals surface area (Å²) in [5, 5.41) is 3.40. The lowest BCUT2D eigenvalue weighted by Crippen LogP contribution is -2.26. The first-order valence-corrected chi connectivity index (χ1v) is 6.64.